The molecule has 0 bridgehead atoms. The largest absolute Gasteiger partial charge is 0.489 e. The molecule has 3 aromatic rings. The molecule has 3 rings (SSSR count). The first-order chi connectivity index (χ1) is 12.1. The lowest BCUT2D eigenvalue weighted by Gasteiger charge is -2.08. The SMILES string of the molecule is Cc1noc(C)c1C(=O)NCc1ccc(OCc2ccccc2)cc1. The number of rotatable bonds is 6. The summed E-state index contributed by atoms with van der Waals surface area (Å²) < 4.78 is 10.8. The predicted octanol–water partition coefficient (Wildman–Crippen LogP) is 3.80. The van der Waals surface area contributed by atoms with Gasteiger partial charge in [0, 0.05) is 6.54 Å². The van der Waals surface area contributed by atoms with Crippen molar-refractivity contribution in [3.05, 3.63) is 82.7 Å². The Morgan fingerprint density at radius 2 is 1.76 bits per heavy atom. The maximum absolute atomic E-state index is 12.2. The van der Waals surface area contributed by atoms with Crippen molar-refractivity contribution in [1.82, 2.24) is 10.5 Å². The zero-order valence-corrected chi connectivity index (χ0v) is 14.3. The second-order valence-electron chi connectivity index (χ2n) is 5.80. The average Bonchev–Trinajstić information content (AvgIpc) is 2.98. The van der Waals surface area contributed by atoms with Crippen LogP contribution in [0.4, 0.5) is 0 Å². The summed E-state index contributed by atoms with van der Waals surface area (Å²) in [7, 11) is 0. The lowest BCUT2D eigenvalue weighted by atomic mass is 10.1. The minimum Gasteiger partial charge on any atom is -0.489 e. The van der Waals surface area contributed by atoms with Gasteiger partial charge >= 0.3 is 0 Å². The van der Waals surface area contributed by atoms with Crippen molar-refractivity contribution in [2.45, 2.75) is 27.0 Å². The number of amides is 1. The first kappa shape index (κ1) is 16.8. The average molecular weight is 336 g/mol. The molecule has 1 N–H and O–H groups in total. The molecule has 0 atom stereocenters. The first-order valence-corrected chi connectivity index (χ1v) is 8.10. The molecule has 0 saturated carbocycles. The maximum Gasteiger partial charge on any atom is 0.257 e. The minimum absolute atomic E-state index is 0.180. The Kier molecular flexibility index (Phi) is 5.14. The Balaban J connectivity index is 1.53. The van der Waals surface area contributed by atoms with Crippen molar-refractivity contribution in [3.8, 4) is 5.75 Å². The van der Waals surface area contributed by atoms with E-state index in [1.807, 2.05) is 54.6 Å². The number of carbonyl (C=O) groups excluding carboxylic acids is 1. The fraction of sp³-hybridized carbons (Fsp3) is 0.200. The van der Waals surface area contributed by atoms with Crippen LogP contribution in [0.15, 0.2) is 59.1 Å². The third-order valence-electron chi connectivity index (χ3n) is 3.89. The maximum atomic E-state index is 12.2. The van der Waals surface area contributed by atoms with Gasteiger partial charge in [-0.25, -0.2) is 0 Å². The van der Waals surface area contributed by atoms with Crippen LogP contribution in [-0.4, -0.2) is 11.1 Å². The normalized spacial score (nSPS) is 10.5. The van der Waals surface area contributed by atoms with Gasteiger partial charge in [-0.1, -0.05) is 47.6 Å². The summed E-state index contributed by atoms with van der Waals surface area (Å²) in [5, 5.41) is 6.68. The Morgan fingerprint density at radius 3 is 2.40 bits per heavy atom. The van der Waals surface area contributed by atoms with Crippen molar-refractivity contribution in [2.75, 3.05) is 0 Å². The summed E-state index contributed by atoms with van der Waals surface area (Å²) in [6.45, 7) is 4.45. The molecule has 128 valence electrons. The van der Waals surface area contributed by atoms with Gasteiger partial charge < -0.3 is 14.6 Å². The number of aryl methyl sites for hydroxylation is 2. The van der Waals surface area contributed by atoms with Gasteiger partial charge in [-0.15, -0.1) is 0 Å². The zero-order chi connectivity index (χ0) is 17.6. The molecule has 0 unspecified atom stereocenters. The van der Waals surface area contributed by atoms with E-state index >= 15 is 0 Å². The Morgan fingerprint density at radius 1 is 1.04 bits per heavy atom. The Labute approximate surface area is 146 Å². The summed E-state index contributed by atoms with van der Waals surface area (Å²) in [4.78, 5) is 12.2. The highest BCUT2D eigenvalue weighted by Gasteiger charge is 2.16. The number of nitrogens with zero attached hydrogens (tertiary/aromatic N) is 1. The van der Waals surface area contributed by atoms with Crippen LogP contribution in [0.5, 0.6) is 5.75 Å². The van der Waals surface area contributed by atoms with Gasteiger partial charge in [0.05, 0.1) is 5.69 Å². The van der Waals surface area contributed by atoms with Crippen LogP contribution in [0.25, 0.3) is 0 Å². The van der Waals surface area contributed by atoms with Gasteiger partial charge in [-0.3, -0.25) is 4.79 Å². The van der Waals surface area contributed by atoms with Crippen LogP contribution in [0.2, 0.25) is 0 Å². The molecule has 0 aliphatic rings. The molecule has 0 spiro atoms. The molecular weight excluding hydrogens is 316 g/mol. The zero-order valence-electron chi connectivity index (χ0n) is 14.3. The van der Waals surface area contributed by atoms with Gasteiger partial charge in [0.2, 0.25) is 0 Å². The van der Waals surface area contributed by atoms with Crippen molar-refractivity contribution in [1.29, 1.82) is 0 Å². The van der Waals surface area contributed by atoms with Crippen molar-refractivity contribution in [3.63, 3.8) is 0 Å². The van der Waals surface area contributed by atoms with E-state index in [9.17, 15) is 4.79 Å². The number of benzene rings is 2. The van der Waals surface area contributed by atoms with E-state index in [0.717, 1.165) is 16.9 Å². The van der Waals surface area contributed by atoms with Crippen LogP contribution >= 0.6 is 0 Å². The van der Waals surface area contributed by atoms with E-state index in [4.69, 9.17) is 9.26 Å². The van der Waals surface area contributed by atoms with Crippen LogP contribution in [0.1, 0.15) is 32.9 Å². The van der Waals surface area contributed by atoms with Gasteiger partial charge in [0.25, 0.3) is 5.91 Å². The quantitative estimate of drug-likeness (QED) is 0.743. The molecule has 1 heterocycles. The third-order valence-corrected chi connectivity index (χ3v) is 3.89. The summed E-state index contributed by atoms with van der Waals surface area (Å²) >= 11 is 0. The summed E-state index contributed by atoms with van der Waals surface area (Å²) in [5.74, 6) is 1.14. The van der Waals surface area contributed by atoms with E-state index in [-0.39, 0.29) is 5.91 Å². The van der Waals surface area contributed by atoms with Crippen LogP contribution in [0.3, 0.4) is 0 Å². The number of ether oxygens (including phenoxy) is 1. The second-order valence-corrected chi connectivity index (χ2v) is 5.80. The molecule has 5 heteroatoms. The standard InChI is InChI=1S/C20H20N2O3/c1-14-19(15(2)25-22-14)20(23)21-12-16-8-10-18(11-9-16)24-13-17-6-4-3-5-7-17/h3-11H,12-13H2,1-2H3,(H,21,23). The molecule has 25 heavy (non-hydrogen) atoms. The van der Waals surface area contributed by atoms with E-state index in [0.29, 0.717) is 30.2 Å². The molecule has 0 fully saturated rings. The summed E-state index contributed by atoms with van der Waals surface area (Å²) in [5.41, 5.74) is 3.22. The second kappa shape index (κ2) is 7.66. The van der Waals surface area contributed by atoms with Crippen molar-refractivity contribution in [2.24, 2.45) is 0 Å². The van der Waals surface area contributed by atoms with Crippen molar-refractivity contribution >= 4 is 5.91 Å². The molecule has 5 nitrogen and oxygen atoms in total. The van der Waals surface area contributed by atoms with E-state index in [2.05, 4.69) is 10.5 Å². The molecule has 0 radical (unpaired) electrons. The topological polar surface area (TPSA) is 64.4 Å². The number of carbonyl (C=O) groups is 1. The molecule has 0 aliphatic heterocycles. The minimum atomic E-state index is -0.180. The summed E-state index contributed by atoms with van der Waals surface area (Å²) in [6.07, 6.45) is 0. The van der Waals surface area contributed by atoms with Crippen molar-refractivity contribution < 1.29 is 14.1 Å². The van der Waals surface area contributed by atoms with E-state index < -0.39 is 0 Å². The molecular formula is C20H20N2O3. The smallest absolute Gasteiger partial charge is 0.257 e. The third kappa shape index (κ3) is 4.26. The van der Waals surface area contributed by atoms with Gasteiger partial charge in [0.1, 0.15) is 23.7 Å². The highest BCUT2D eigenvalue weighted by atomic mass is 16.5. The number of aromatic nitrogens is 1. The highest BCUT2D eigenvalue weighted by molar-refractivity contribution is 5.96. The van der Waals surface area contributed by atoms with E-state index in [1.165, 1.54) is 0 Å². The first-order valence-electron chi connectivity index (χ1n) is 8.10. The Hall–Kier alpha value is -3.08. The fourth-order valence-electron chi connectivity index (χ4n) is 2.52. The lowest BCUT2D eigenvalue weighted by molar-refractivity contribution is 0.0949. The highest BCUT2D eigenvalue weighted by Crippen LogP contribution is 2.15. The number of hydrogen-bond donors (Lipinski definition) is 1. The van der Waals surface area contributed by atoms with Crippen LogP contribution in [0, 0.1) is 13.8 Å². The molecule has 1 amide bonds. The monoisotopic (exact) mass is 336 g/mol. The van der Waals surface area contributed by atoms with Crippen LogP contribution < -0.4 is 10.1 Å². The molecule has 0 saturated heterocycles. The van der Waals surface area contributed by atoms with Gasteiger partial charge in [-0.2, -0.15) is 0 Å². The predicted molar refractivity (Wildman–Crippen MR) is 94.4 cm³/mol. The lowest BCUT2D eigenvalue weighted by Crippen LogP contribution is -2.23. The number of hydrogen-bond acceptors (Lipinski definition) is 4. The fourth-order valence-corrected chi connectivity index (χ4v) is 2.52. The molecule has 2 aromatic carbocycles. The summed E-state index contributed by atoms with van der Waals surface area (Å²) in [6, 6.07) is 17.7. The van der Waals surface area contributed by atoms with E-state index in [1.54, 1.807) is 13.8 Å². The molecule has 1 aromatic heterocycles. The Bertz CT molecular complexity index is 820. The van der Waals surface area contributed by atoms with Crippen LogP contribution in [-0.2, 0) is 13.2 Å². The number of nitrogens with one attached hydrogen (secondary N) is 1. The molecule has 0 aliphatic carbocycles. The van der Waals surface area contributed by atoms with Gasteiger partial charge in [0.15, 0.2) is 0 Å². The van der Waals surface area contributed by atoms with Gasteiger partial charge in [-0.05, 0) is 37.1 Å².